The molecule has 0 bridgehead atoms. The monoisotopic (exact) mass is 298 g/mol. The first-order valence-electron chi connectivity index (χ1n) is 6.27. The van der Waals surface area contributed by atoms with Crippen LogP contribution >= 0.6 is 22.9 Å². The maximum atomic E-state index is 6.28. The number of hydrogen-bond acceptors (Lipinski definition) is 4. The molecule has 104 valence electrons. The Morgan fingerprint density at radius 2 is 2.16 bits per heavy atom. The lowest BCUT2D eigenvalue weighted by Gasteiger charge is -2.14. The Labute approximate surface area is 122 Å². The Kier molecular flexibility index (Phi) is 4.60. The minimum Gasteiger partial charge on any atom is -0.316 e. The van der Waals surface area contributed by atoms with Gasteiger partial charge in [0.15, 0.2) is 0 Å². The molecule has 1 atom stereocenters. The molecule has 2 aromatic heterocycles. The van der Waals surface area contributed by atoms with Gasteiger partial charge in [-0.25, -0.2) is 4.98 Å². The van der Waals surface area contributed by atoms with Crippen LogP contribution in [0, 0.1) is 13.8 Å². The predicted octanol–water partition coefficient (Wildman–Crippen LogP) is 2.52. The van der Waals surface area contributed by atoms with Gasteiger partial charge < -0.3 is 5.32 Å². The molecular weight excluding hydrogens is 280 g/mol. The summed E-state index contributed by atoms with van der Waals surface area (Å²) < 4.78 is 1.73. The van der Waals surface area contributed by atoms with Gasteiger partial charge in [0.1, 0.15) is 5.15 Å². The predicted molar refractivity (Wildman–Crippen MR) is 80.1 cm³/mol. The molecule has 1 N–H and O–H groups in total. The second-order valence-electron chi connectivity index (χ2n) is 4.73. The summed E-state index contributed by atoms with van der Waals surface area (Å²) in [5, 5.41) is 11.7. The van der Waals surface area contributed by atoms with Gasteiger partial charge in [0, 0.05) is 30.5 Å². The summed E-state index contributed by atoms with van der Waals surface area (Å²) >= 11 is 7.97. The molecule has 0 saturated heterocycles. The standard InChI is InChI=1S/C13H19ClN4S/c1-8-12(13(14)18(4)17-8)6-10(15-3)5-11-7-19-9(2)16-11/h7,10,15H,5-6H2,1-4H3. The SMILES string of the molecule is CNC(Cc1csc(C)n1)Cc1c(C)nn(C)c1Cl. The van der Waals surface area contributed by atoms with E-state index in [4.69, 9.17) is 11.6 Å². The van der Waals surface area contributed by atoms with E-state index in [1.807, 2.05) is 27.9 Å². The van der Waals surface area contributed by atoms with E-state index in [0.717, 1.165) is 40.0 Å². The minimum atomic E-state index is 0.321. The van der Waals surface area contributed by atoms with Crippen LogP contribution < -0.4 is 5.32 Å². The molecule has 2 heterocycles. The molecule has 0 amide bonds. The van der Waals surface area contributed by atoms with Crippen LogP contribution in [0.5, 0.6) is 0 Å². The summed E-state index contributed by atoms with van der Waals surface area (Å²) in [6, 6.07) is 0.321. The fourth-order valence-corrected chi connectivity index (χ4v) is 3.06. The largest absolute Gasteiger partial charge is 0.316 e. The minimum absolute atomic E-state index is 0.321. The lowest BCUT2D eigenvalue weighted by Crippen LogP contribution is -2.30. The highest BCUT2D eigenvalue weighted by Gasteiger charge is 2.17. The second-order valence-corrected chi connectivity index (χ2v) is 6.15. The Bertz CT molecular complexity index is 561. The van der Waals surface area contributed by atoms with Crippen molar-refractivity contribution in [1.29, 1.82) is 0 Å². The number of halogens is 1. The summed E-state index contributed by atoms with van der Waals surface area (Å²) in [5.41, 5.74) is 3.26. The highest BCUT2D eigenvalue weighted by molar-refractivity contribution is 7.09. The number of aromatic nitrogens is 3. The third-order valence-corrected chi connectivity index (χ3v) is 4.55. The number of nitrogens with one attached hydrogen (secondary N) is 1. The van der Waals surface area contributed by atoms with Crippen LogP contribution in [-0.4, -0.2) is 27.9 Å². The van der Waals surface area contributed by atoms with Gasteiger partial charge in [-0.2, -0.15) is 5.10 Å². The van der Waals surface area contributed by atoms with Gasteiger partial charge in [0.2, 0.25) is 0 Å². The number of thiazole rings is 1. The van der Waals surface area contributed by atoms with E-state index in [0.29, 0.717) is 6.04 Å². The number of nitrogens with zero attached hydrogens (tertiary/aromatic N) is 3. The van der Waals surface area contributed by atoms with Crippen molar-refractivity contribution >= 4 is 22.9 Å². The summed E-state index contributed by atoms with van der Waals surface area (Å²) in [5.74, 6) is 0. The normalized spacial score (nSPS) is 12.9. The molecule has 1 unspecified atom stereocenters. The van der Waals surface area contributed by atoms with Crippen molar-refractivity contribution in [3.8, 4) is 0 Å². The molecule has 2 rings (SSSR count). The maximum Gasteiger partial charge on any atom is 0.130 e. The second kappa shape index (κ2) is 6.03. The Hall–Kier alpha value is -0.910. The molecule has 0 aliphatic rings. The summed E-state index contributed by atoms with van der Waals surface area (Å²) in [6.45, 7) is 4.03. The van der Waals surface area contributed by atoms with Crippen molar-refractivity contribution in [2.75, 3.05) is 7.05 Å². The molecule has 0 spiro atoms. The smallest absolute Gasteiger partial charge is 0.130 e. The zero-order valence-corrected chi connectivity index (χ0v) is 13.3. The number of rotatable bonds is 5. The van der Waals surface area contributed by atoms with Crippen molar-refractivity contribution < 1.29 is 0 Å². The van der Waals surface area contributed by atoms with Gasteiger partial charge in [0.25, 0.3) is 0 Å². The highest BCUT2D eigenvalue weighted by atomic mass is 35.5. The van der Waals surface area contributed by atoms with Crippen LogP contribution in [0.2, 0.25) is 5.15 Å². The van der Waals surface area contributed by atoms with Crippen LogP contribution in [-0.2, 0) is 19.9 Å². The Morgan fingerprint density at radius 3 is 2.63 bits per heavy atom. The Balaban J connectivity index is 2.10. The molecule has 19 heavy (non-hydrogen) atoms. The highest BCUT2D eigenvalue weighted by Crippen LogP contribution is 2.21. The van der Waals surface area contributed by atoms with Gasteiger partial charge in [-0.05, 0) is 27.3 Å². The number of aryl methyl sites for hydroxylation is 3. The van der Waals surface area contributed by atoms with E-state index in [-0.39, 0.29) is 0 Å². The van der Waals surface area contributed by atoms with E-state index in [1.165, 1.54) is 0 Å². The fourth-order valence-electron chi connectivity index (χ4n) is 2.18. The van der Waals surface area contributed by atoms with Crippen LogP contribution in [0.15, 0.2) is 5.38 Å². The first-order valence-corrected chi connectivity index (χ1v) is 7.53. The van der Waals surface area contributed by atoms with Crippen molar-refractivity contribution in [2.45, 2.75) is 32.7 Å². The van der Waals surface area contributed by atoms with E-state index in [2.05, 4.69) is 20.8 Å². The van der Waals surface area contributed by atoms with Gasteiger partial charge in [-0.1, -0.05) is 11.6 Å². The number of likely N-dealkylation sites (N-methyl/N-ethyl adjacent to an activating group) is 1. The molecule has 0 aromatic carbocycles. The first kappa shape index (κ1) is 14.5. The van der Waals surface area contributed by atoms with E-state index in [1.54, 1.807) is 16.0 Å². The Morgan fingerprint density at radius 1 is 1.42 bits per heavy atom. The van der Waals surface area contributed by atoms with Crippen LogP contribution in [0.3, 0.4) is 0 Å². The topological polar surface area (TPSA) is 42.7 Å². The maximum absolute atomic E-state index is 6.28. The van der Waals surface area contributed by atoms with Crippen molar-refractivity contribution in [1.82, 2.24) is 20.1 Å². The lowest BCUT2D eigenvalue weighted by molar-refractivity contribution is 0.550. The van der Waals surface area contributed by atoms with E-state index in [9.17, 15) is 0 Å². The van der Waals surface area contributed by atoms with Crippen LogP contribution in [0.4, 0.5) is 0 Å². The molecule has 2 aromatic rings. The molecule has 0 radical (unpaired) electrons. The quantitative estimate of drug-likeness (QED) is 0.922. The van der Waals surface area contributed by atoms with Gasteiger partial charge in [-0.3, -0.25) is 4.68 Å². The van der Waals surface area contributed by atoms with Crippen LogP contribution in [0.1, 0.15) is 22.0 Å². The van der Waals surface area contributed by atoms with Gasteiger partial charge >= 0.3 is 0 Å². The van der Waals surface area contributed by atoms with Gasteiger partial charge in [0.05, 0.1) is 16.4 Å². The average Bonchev–Trinajstić information content (AvgIpc) is 2.87. The van der Waals surface area contributed by atoms with E-state index >= 15 is 0 Å². The van der Waals surface area contributed by atoms with Crippen LogP contribution in [0.25, 0.3) is 0 Å². The molecule has 0 aliphatic heterocycles. The summed E-state index contributed by atoms with van der Waals surface area (Å²) in [7, 11) is 3.85. The van der Waals surface area contributed by atoms with E-state index < -0.39 is 0 Å². The lowest BCUT2D eigenvalue weighted by atomic mass is 10.0. The first-order chi connectivity index (χ1) is 9.01. The fraction of sp³-hybridized carbons (Fsp3) is 0.538. The zero-order valence-electron chi connectivity index (χ0n) is 11.7. The molecule has 4 nitrogen and oxygen atoms in total. The summed E-state index contributed by atoms with van der Waals surface area (Å²) in [4.78, 5) is 4.51. The summed E-state index contributed by atoms with van der Waals surface area (Å²) in [6.07, 6.45) is 1.77. The molecule has 0 fully saturated rings. The molecular formula is C13H19ClN4S. The van der Waals surface area contributed by atoms with Gasteiger partial charge in [-0.15, -0.1) is 11.3 Å². The van der Waals surface area contributed by atoms with Crippen molar-refractivity contribution in [3.05, 3.63) is 32.5 Å². The average molecular weight is 299 g/mol. The molecule has 0 aliphatic carbocycles. The van der Waals surface area contributed by atoms with Crippen molar-refractivity contribution in [2.24, 2.45) is 7.05 Å². The third kappa shape index (κ3) is 3.35. The number of hydrogen-bond donors (Lipinski definition) is 1. The third-order valence-electron chi connectivity index (χ3n) is 3.25. The molecule has 0 saturated carbocycles. The van der Waals surface area contributed by atoms with Crippen molar-refractivity contribution in [3.63, 3.8) is 0 Å². The molecule has 6 heteroatoms. The zero-order chi connectivity index (χ0) is 14.0.